The summed E-state index contributed by atoms with van der Waals surface area (Å²) in [6.07, 6.45) is 1.76. The molecule has 0 aliphatic carbocycles. The van der Waals surface area contributed by atoms with Gasteiger partial charge in [-0.3, -0.25) is 0 Å². The van der Waals surface area contributed by atoms with Crippen LogP contribution in [-0.4, -0.2) is 24.1 Å². The van der Waals surface area contributed by atoms with Crippen molar-refractivity contribution in [2.24, 2.45) is 5.92 Å². The molecule has 0 saturated heterocycles. The monoisotopic (exact) mass is 283 g/mol. The van der Waals surface area contributed by atoms with Crippen molar-refractivity contribution in [2.45, 2.75) is 47.2 Å². The molecule has 19 heavy (non-hydrogen) atoms. The maximum atomic E-state index is 6.20. The van der Waals surface area contributed by atoms with Crippen LogP contribution in [0, 0.1) is 5.92 Å². The van der Waals surface area contributed by atoms with Crippen molar-refractivity contribution in [1.29, 1.82) is 0 Å². The first-order valence-electron chi connectivity index (χ1n) is 7.07. The van der Waals surface area contributed by atoms with Crippen LogP contribution in [0.1, 0.15) is 40.2 Å². The van der Waals surface area contributed by atoms with Crippen molar-refractivity contribution in [1.82, 2.24) is 10.3 Å². The van der Waals surface area contributed by atoms with Gasteiger partial charge < -0.3 is 10.2 Å². The van der Waals surface area contributed by atoms with Gasteiger partial charge in [0.15, 0.2) is 0 Å². The van der Waals surface area contributed by atoms with Crippen molar-refractivity contribution in [2.75, 3.05) is 18.0 Å². The van der Waals surface area contributed by atoms with Crippen molar-refractivity contribution in [3.8, 4) is 0 Å². The number of halogens is 1. The average molecular weight is 284 g/mol. The van der Waals surface area contributed by atoms with E-state index in [1.54, 1.807) is 6.20 Å². The number of hydrogen-bond acceptors (Lipinski definition) is 3. The molecule has 1 rings (SSSR count). The molecule has 0 fully saturated rings. The number of anilines is 1. The van der Waals surface area contributed by atoms with E-state index in [9.17, 15) is 0 Å². The molecule has 1 aromatic rings. The summed E-state index contributed by atoms with van der Waals surface area (Å²) in [5, 5.41) is 4.05. The van der Waals surface area contributed by atoms with Gasteiger partial charge in [0.1, 0.15) is 5.82 Å². The quantitative estimate of drug-likeness (QED) is 0.827. The minimum atomic E-state index is 0.433. The van der Waals surface area contributed by atoms with Crippen molar-refractivity contribution >= 4 is 17.4 Å². The van der Waals surface area contributed by atoms with E-state index < -0.39 is 0 Å². The second-order valence-corrected chi connectivity index (χ2v) is 5.96. The Kier molecular flexibility index (Phi) is 6.59. The molecule has 0 aliphatic heterocycles. The Hall–Kier alpha value is -0.800. The molecule has 1 aromatic heterocycles. The van der Waals surface area contributed by atoms with Gasteiger partial charge in [-0.25, -0.2) is 4.98 Å². The fourth-order valence-electron chi connectivity index (χ4n) is 1.98. The zero-order valence-corrected chi connectivity index (χ0v) is 13.5. The molecule has 3 nitrogen and oxygen atoms in total. The van der Waals surface area contributed by atoms with E-state index in [4.69, 9.17) is 11.6 Å². The third kappa shape index (κ3) is 5.00. The minimum Gasteiger partial charge on any atom is -0.354 e. The lowest BCUT2D eigenvalue weighted by molar-refractivity contribution is 0.565. The molecular formula is C15H26ClN3. The van der Waals surface area contributed by atoms with E-state index in [1.165, 1.54) is 0 Å². The van der Waals surface area contributed by atoms with Gasteiger partial charge in [0, 0.05) is 25.3 Å². The summed E-state index contributed by atoms with van der Waals surface area (Å²) < 4.78 is 0. The molecule has 0 saturated carbocycles. The topological polar surface area (TPSA) is 28.2 Å². The lowest BCUT2D eigenvalue weighted by Crippen LogP contribution is -2.35. The molecule has 4 heteroatoms. The summed E-state index contributed by atoms with van der Waals surface area (Å²) in [5.74, 6) is 1.62. The second kappa shape index (κ2) is 7.71. The van der Waals surface area contributed by atoms with Gasteiger partial charge in [-0.2, -0.15) is 0 Å². The normalized spacial score (nSPS) is 11.4. The van der Waals surface area contributed by atoms with E-state index in [2.05, 4.69) is 55.9 Å². The number of nitrogens with one attached hydrogen (secondary N) is 1. The number of pyridine rings is 1. The highest BCUT2D eigenvalue weighted by atomic mass is 35.5. The molecule has 0 aliphatic rings. The third-order valence-electron chi connectivity index (χ3n) is 2.97. The van der Waals surface area contributed by atoms with Gasteiger partial charge in [-0.15, -0.1) is 0 Å². The molecule has 0 atom stereocenters. The first kappa shape index (κ1) is 16.3. The number of rotatable bonds is 7. The Morgan fingerprint density at radius 3 is 2.53 bits per heavy atom. The largest absolute Gasteiger partial charge is 0.354 e. The van der Waals surface area contributed by atoms with Crippen molar-refractivity contribution in [3.63, 3.8) is 0 Å². The average Bonchev–Trinajstić information content (AvgIpc) is 2.34. The fraction of sp³-hybridized carbons (Fsp3) is 0.667. The number of aromatic nitrogens is 1. The van der Waals surface area contributed by atoms with Crippen molar-refractivity contribution in [3.05, 3.63) is 22.8 Å². The molecule has 0 radical (unpaired) electrons. The summed E-state index contributed by atoms with van der Waals surface area (Å²) in [6, 6.07) is 2.54. The standard InChI is InChI=1S/C15H26ClN3/c1-6-17-8-13-7-15(18-9-14(13)16)19(12(4)5)10-11(2)3/h7,9,11-12,17H,6,8,10H2,1-5H3. The smallest absolute Gasteiger partial charge is 0.129 e. The highest BCUT2D eigenvalue weighted by molar-refractivity contribution is 6.31. The molecule has 0 unspecified atom stereocenters. The Morgan fingerprint density at radius 2 is 2.00 bits per heavy atom. The maximum Gasteiger partial charge on any atom is 0.129 e. The minimum absolute atomic E-state index is 0.433. The summed E-state index contributed by atoms with van der Waals surface area (Å²) in [6.45, 7) is 13.7. The first-order chi connectivity index (χ1) is 8.95. The Bertz CT molecular complexity index is 391. The highest BCUT2D eigenvalue weighted by Crippen LogP contribution is 2.22. The van der Waals surface area contributed by atoms with Crippen LogP contribution < -0.4 is 10.2 Å². The summed E-state index contributed by atoms with van der Waals surface area (Å²) in [5.41, 5.74) is 1.11. The van der Waals surface area contributed by atoms with Crippen LogP contribution in [0.2, 0.25) is 5.02 Å². The highest BCUT2D eigenvalue weighted by Gasteiger charge is 2.15. The molecule has 0 spiro atoms. The van der Waals surface area contributed by atoms with Gasteiger partial charge in [0.2, 0.25) is 0 Å². The van der Waals surface area contributed by atoms with Gasteiger partial charge >= 0.3 is 0 Å². The molecule has 0 bridgehead atoms. The Morgan fingerprint density at radius 1 is 1.32 bits per heavy atom. The first-order valence-corrected chi connectivity index (χ1v) is 7.45. The number of nitrogens with zero attached hydrogens (tertiary/aromatic N) is 2. The fourth-order valence-corrected chi connectivity index (χ4v) is 2.15. The zero-order chi connectivity index (χ0) is 14.4. The van der Waals surface area contributed by atoms with E-state index in [-0.39, 0.29) is 0 Å². The molecule has 0 aromatic carbocycles. The molecule has 1 N–H and O–H groups in total. The lowest BCUT2D eigenvalue weighted by Gasteiger charge is -2.30. The SMILES string of the molecule is CCNCc1cc(N(CC(C)C)C(C)C)ncc1Cl. The molecule has 1 heterocycles. The lowest BCUT2D eigenvalue weighted by atomic mass is 10.1. The third-order valence-corrected chi connectivity index (χ3v) is 3.31. The van der Waals surface area contributed by atoms with Crippen LogP contribution in [0.4, 0.5) is 5.82 Å². The molecule has 0 amide bonds. The van der Waals surface area contributed by atoms with Crippen LogP contribution in [0.15, 0.2) is 12.3 Å². The summed E-state index contributed by atoms with van der Waals surface area (Å²) >= 11 is 6.20. The van der Waals surface area contributed by atoms with E-state index in [0.717, 1.165) is 36.0 Å². The summed E-state index contributed by atoms with van der Waals surface area (Å²) in [7, 11) is 0. The van der Waals surface area contributed by atoms with Gasteiger partial charge in [0.05, 0.1) is 5.02 Å². The van der Waals surface area contributed by atoms with Crippen LogP contribution in [0.25, 0.3) is 0 Å². The maximum absolute atomic E-state index is 6.20. The van der Waals surface area contributed by atoms with Gasteiger partial charge in [-0.1, -0.05) is 32.4 Å². The molecule has 108 valence electrons. The van der Waals surface area contributed by atoms with Crippen LogP contribution >= 0.6 is 11.6 Å². The summed E-state index contributed by atoms with van der Waals surface area (Å²) in [4.78, 5) is 6.82. The van der Waals surface area contributed by atoms with E-state index in [1.807, 2.05) is 0 Å². The second-order valence-electron chi connectivity index (χ2n) is 5.55. The van der Waals surface area contributed by atoms with Crippen LogP contribution in [-0.2, 0) is 6.54 Å². The predicted octanol–water partition coefficient (Wildman–Crippen LogP) is 3.72. The van der Waals surface area contributed by atoms with Gasteiger partial charge in [-0.05, 0) is 37.9 Å². The van der Waals surface area contributed by atoms with Crippen LogP contribution in [0.5, 0.6) is 0 Å². The Labute approximate surface area is 122 Å². The van der Waals surface area contributed by atoms with E-state index >= 15 is 0 Å². The number of hydrogen-bond donors (Lipinski definition) is 1. The van der Waals surface area contributed by atoms with Crippen molar-refractivity contribution < 1.29 is 0 Å². The van der Waals surface area contributed by atoms with Gasteiger partial charge in [0.25, 0.3) is 0 Å². The van der Waals surface area contributed by atoms with Crippen LogP contribution in [0.3, 0.4) is 0 Å². The zero-order valence-electron chi connectivity index (χ0n) is 12.7. The predicted molar refractivity (Wildman–Crippen MR) is 83.9 cm³/mol. The molecular weight excluding hydrogens is 258 g/mol. The Balaban J connectivity index is 2.96. The van der Waals surface area contributed by atoms with E-state index in [0.29, 0.717) is 12.0 Å².